The number of halogens is 1. The lowest BCUT2D eigenvalue weighted by Crippen LogP contribution is -2.19. The van der Waals surface area contributed by atoms with Crippen LogP contribution >= 0.6 is 15.9 Å². The highest BCUT2D eigenvalue weighted by molar-refractivity contribution is 9.10. The summed E-state index contributed by atoms with van der Waals surface area (Å²) in [7, 11) is 0. The van der Waals surface area contributed by atoms with Crippen LogP contribution in [0.2, 0.25) is 0 Å². The highest BCUT2D eigenvalue weighted by atomic mass is 79.9. The van der Waals surface area contributed by atoms with Crippen LogP contribution in [-0.4, -0.2) is 10.9 Å². The summed E-state index contributed by atoms with van der Waals surface area (Å²) in [5.41, 5.74) is 2.87. The van der Waals surface area contributed by atoms with Crippen molar-refractivity contribution in [2.24, 2.45) is 0 Å². The van der Waals surface area contributed by atoms with Gasteiger partial charge in [0.15, 0.2) is 0 Å². The van der Waals surface area contributed by atoms with E-state index in [-0.39, 0.29) is 5.91 Å². The highest BCUT2D eigenvalue weighted by Crippen LogP contribution is 2.36. The summed E-state index contributed by atoms with van der Waals surface area (Å²) in [6, 6.07) is 7.72. The summed E-state index contributed by atoms with van der Waals surface area (Å²) in [6.07, 6.45) is 4.75. The summed E-state index contributed by atoms with van der Waals surface area (Å²) < 4.78 is 6.79. The molecule has 5 heteroatoms. The highest BCUT2D eigenvalue weighted by Gasteiger charge is 2.19. The number of aromatic nitrogens is 1. The maximum atomic E-state index is 11.5. The maximum absolute atomic E-state index is 11.5. The Bertz CT molecular complexity index is 645. The van der Waals surface area contributed by atoms with E-state index >= 15 is 0 Å². The number of nitrogens with zero attached hydrogens (tertiary/aromatic N) is 1. The van der Waals surface area contributed by atoms with E-state index in [1.54, 1.807) is 12.4 Å². The normalized spacial score (nSPS) is 12.6. The van der Waals surface area contributed by atoms with Crippen LogP contribution in [0.4, 0.5) is 5.69 Å². The van der Waals surface area contributed by atoms with E-state index in [4.69, 9.17) is 4.74 Å². The Morgan fingerprint density at radius 3 is 2.86 bits per heavy atom. The molecule has 0 aliphatic carbocycles. The molecule has 1 aliphatic heterocycles. The molecule has 3 rings (SSSR count). The second-order valence-electron chi connectivity index (χ2n) is 4.64. The standard InChI is InChI=1S/C15H13BrN2O2.C2H6/c16-12-6-11-3-4-14(19)18-15(11)13(7-12)20-9-10-2-1-5-17-8-10;1-2/h1-2,5-8H,3-4,9H2,(H,18,19);1-2H3. The molecular weight excluding hydrogens is 344 g/mol. The predicted molar refractivity (Wildman–Crippen MR) is 91.0 cm³/mol. The Labute approximate surface area is 139 Å². The number of fused-ring (bicyclic) bond motifs is 1. The summed E-state index contributed by atoms with van der Waals surface area (Å²) in [5, 5.41) is 2.89. The third-order valence-electron chi connectivity index (χ3n) is 3.15. The van der Waals surface area contributed by atoms with Crippen LogP contribution in [0.15, 0.2) is 41.1 Å². The van der Waals surface area contributed by atoms with Gasteiger partial charge >= 0.3 is 0 Å². The zero-order valence-corrected chi connectivity index (χ0v) is 14.3. The molecule has 1 aliphatic rings. The Hall–Kier alpha value is -1.88. The Morgan fingerprint density at radius 2 is 2.14 bits per heavy atom. The molecule has 1 aromatic heterocycles. The van der Waals surface area contributed by atoms with Gasteiger partial charge in [0.25, 0.3) is 0 Å². The minimum absolute atomic E-state index is 0.0334. The average Bonchev–Trinajstić information content (AvgIpc) is 2.56. The molecule has 1 aromatic carbocycles. The fourth-order valence-electron chi connectivity index (χ4n) is 2.18. The van der Waals surface area contributed by atoms with Crippen molar-refractivity contribution in [3.63, 3.8) is 0 Å². The molecule has 116 valence electrons. The first-order chi connectivity index (χ1) is 10.7. The van der Waals surface area contributed by atoms with Gasteiger partial charge in [0.2, 0.25) is 5.91 Å². The molecule has 0 atom stereocenters. The van der Waals surface area contributed by atoms with E-state index in [1.165, 1.54) is 0 Å². The molecule has 0 fully saturated rings. The average molecular weight is 363 g/mol. The Morgan fingerprint density at radius 1 is 1.32 bits per heavy atom. The molecule has 4 nitrogen and oxygen atoms in total. The fraction of sp³-hybridized carbons (Fsp3) is 0.294. The molecule has 0 bridgehead atoms. The van der Waals surface area contributed by atoms with Crippen molar-refractivity contribution in [2.75, 3.05) is 5.32 Å². The van der Waals surface area contributed by atoms with E-state index in [9.17, 15) is 4.79 Å². The van der Waals surface area contributed by atoms with E-state index in [1.807, 2.05) is 38.1 Å². The van der Waals surface area contributed by atoms with Crippen LogP contribution < -0.4 is 10.1 Å². The summed E-state index contributed by atoms with van der Waals surface area (Å²) in [6.45, 7) is 4.42. The molecule has 1 amide bonds. The molecule has 22 heavy (non-hydrogen) atoms. The number of ether oxygens (including phenoxy) is 1. The zero-order chi connectivity index (χ0) is 15.9. The van der Waals surface area contributed by atoms with Crippen molar-refractivity contribution in [3.8, 4) is 5.75 Å². The van der Waals surface area contributed by atoms with Crippen LogP contribution in [0, 0.1) is 0 Å². The van der Waals surface area contributed by atoms with Crippen LogP contribution in [0.1, 0.15) is 31.4 Å². The topological polar surface area (TPSA) is 51.2 Å². The molecule has 0 saturated carbocycles. The minimum Gasteiger partial charge on any atom is -0.487 e. The number of hydrogen-bond donors (Lipinski definition) is 1. The molecule has 0 unspecified atom stereocenters. The van der Waals surface area contributed by atoms with Crippen molar-refractivity contribution in [1.82, 2.24) is 4.98 Å². The number of pyridine rings is 1. The molecular formula is C17H19BrN2O2. The van der Waals surface area contributed by atoms with Crippen LogP contribution in [0.25, 0.3) is 0 Å². The third kappa shape index (κ3) is 4.07. The number of amides is 1. The summed E-state index contributed by atoms with van der Waals surface area (Å²) >= 11 is 3.48. The van der Waals surface area contributed by atoms with Gasteiger partial charge in [-0.25, -0.2) is 0 Å². The van der Waals surface area contributed by atoms with Gasteiger partial charge in [0.05, 0.1) is 5.69 Å². The Balaban J connectivity index is 0.000000847. The molecule has 2 aromatic rings. The van der Waals surface area contributed by atoms with E-state index in [0.717, 1.165) is 27.7 Å². The first-order valence-electron chi connectivity index (χ1n) is 7.36. The van der Waals surface area contributed by atoms with E-state index in [2.05, 4.69) is 26.2 Å². The molecule has 0 radical (unpaired) electrons. The van der Waals surface area contributed by atoms with Gasteiger partial charge in [-0.1, -0.05) is 35.8 Å². The first kappa shape index (κ1) is 16.5. The Kier molecular flexibility index (Phi) is 5.95. The monoisotopic (exact) mass is 362 g/mol. The van der Waals surface area contributed by atoms with Gasteiger partial charge in [0.1, 0.15) is 12.4 Å². The van der Waals surface area contributed by atoms with Crippen molar-refractivity contribution in [3.05, 3.63) is 52.3 Å². The maximum Gasteiger partial charge on any atom is 0.224 e. The third-order valence-corrected chi connectivity index (χ3v) is 3.61. The predicted octanol–water partition coefficient (Wildman–Crippen LogP) is 4.33. The number of anilines is 1. The lowest BCUT2D eigenvalue weighted by Gasteiger charge is -2.20. The van der Waals surface area contributed by atoms with Crippen LogP contribution in [0.5, 0.6) is 5.75 Å². The molecule has 0 spiro atoms. The lowest BCUT2D eigenvalue weighted by molar-refractivity contribution is -0.116. The number of benzene rings is 1. The van der Waals surface area contributed by atoms with Gasteiger partial charge in [0, 0.05) is 28.9 Å². The van der Waals surface area contributed by atoms with Crippen molar-refractivity contribution < 1.29 is 9.53 Å². The summed E-state index contributed by atoms with van der Waals surface area (Å²) in [4.78, 5) is 15.6. The second-order valence-corrected chi connectivity index (χ2v) is 5.55. The quantitative estimate of drug-likeness (QED) is 0.883. The minimum atomic E-state index is 0.0334. The number of carbonyl (C=O) groups is 1. The van der Waals surface area contributed by atoms with Crippen LogP contribution in [0.3, 0.4) is 0 Å². The number of rotatable bonds is 3. The van der Waals surface area contributed by atoms with Gasteiger partial charge < -0.3 is 10.1 Å². The van der Waals surface area contributed by atoms with E-state index in [0.29, 0.717) is 18.8 Å². The second kappa shape index (κ2) is 7.94. The number of hydrogen-bond acceptors (Lipinski definition) is 3. The van der Waals surface area contributed by atoms with E-state index < -0.39 is 0 Å². The molecule has 0 saturated heterocycles. The number of aryl methyl sites for hydroxylation is 1. The SMILES string of the molecule is CC.O=C1CCc2cc(Br)cc(OCc3cccnc3)c2N1. The van der Waals surface area contributed by atoms with Crippen LogP contribution in [-0.2, 0) is 17.8 Å². The van der Waals surface area contributed by atoms with Gasteiger partial charge in [-0.05, 0) is 30.2 Å². The largest absolute Gasteiger partial charge is 0.487 e. The first-order valence-corrected chi connectivity index (χ1v) is 8.15. The van der Waals surface area contributed by atoms with Crippen molar-refractivity contribution in [1.29, 1.82) is 0 Å². The fourth-order valence-corrected chi connectivity index (χ4v) is 2.67. The number of nitrogens with one attached hydrogen (secondary N) is 1. The van der Waals surface area contributed by atoms with Gasteiger partial charge in [-0.15, -0.1) is 0 Å². The summed E-state index contributed by atoms with van der Waals surface area (Å²) in [5.74, 6) is 0.720. The number of carbonyl (C=O) groups excluding carboxylic acids is 1. The molecule has 2 heterocycles. The van der Waals surface area contributed by atoms with Gasteiger partial charge in [-0.3, -0.25) is 9.78 Å². The zero-order valence-electron chi connectivity index (χ0n) is 12.7. The van der Waals surface area contributed by atoms with Crippen molar-refractivity contribution in [2.45, 2.75) is 33.3 Å². The smallest absolute Gasteiger partial charge is 0.224 e. The molecule has 1 N–H and O–H groups in total. The van der Waals surface area contributed by atoms with Crippen molar-refractivity contribution >= 4 is 27.5 Å². The lowest BCUT2D eigenvalue weighted by atomic mass is 10.0. The van der Waals surface area contributed by atoms with Gasteiger partial charge in [-0.2, -0.15) is 0 Å².